The van der Waals surface area contributed by atoms with Gasteiger partial charge in [0, 0.05) is 22.1 Å². The SMILES string of the molecule is C[C@H](NC(=O)Cc1cccs1)C(=O)C1(N)N=C(c2ccccn2)c2ccccc2N(CC(=O)C(C)(C)C)C1=O. The normalized spacial score (nSPS) is 18.0. The standard InChI is InChI=1S/C29H31N5O4S/c1-18(32-24(36)16-19-10-9-15-39-19)26(37)29(30)27(38)34(17-23(35)28(2,3)4)22-13-6-5-11-20(22)25(33-29)21-12-7-8-14-31-21/h5-15,18H,16-17,30H2,1-4H3,(H,32,36)/t18-,29?/m0/s1. The molecule has 1 aliphatic rings. The molecule has 0 saturated heterocycles. The van der Waals surface area contributed by atoms with Crippen molar-refractivity contribution in [1.82, 2.24) is 10.3 Å². The summed E-state index contributed by atoms with van der Waals surface area (Å²) < 4.78 is 0. The molecule has 3 aromatic rings. The van der Waals surface area contributed by atoms with Crippen molar-refractivity contribution in [3.63, 3.8) is 0 Å². The van der Waals surface area contributed by atoms with E-state index in [4.69, 9.17) is 5.73 Å². The number of fused-ring (bicyclic) bond motifs is 1. The fourth-order valence-corrected chi connectivity index (χ4v) is 4.87. The van der Waals surface area contributed by atoms with Gasteiger partial charge < -0.3 is 10.2 Å². The lowest BCUT2D eigenvalue weighted by Crippen LogP contribution is -2.64. The monoisotopic (exact) mass is 545 g/mol. The van der Waals surface area contributed by atoms with Gasteiger partial charge in [-0.1, -0.05) is 51.1 Å². The van der Waals surface area contributed by atoms with Crippen LogP contribution in [0.2, 0.25) is 0 Å². The first-order chi connectivity index (χ1) is 18.4. The molecule has 10 heteroatoms. The molecule has 3 heterocycles. The van der Waals surface area contributed by atoms with E-state index in [0.717, 1.165) is 4.88 Å². The van der Waals surface area contributed by atoms with Crippen LogP contribution in [0.15, 0.2) is 71.2 Å². The van der Waals surface area contributed by atoms with E-state index in [1.807, 2.05) is 17.5 Å². The van der Waals surface area contributed by atoms with E-state index in [0.29, 0.717) is 16.9 Å². The zero-order chi connectivity index (χ0) is 28.4. The predicted octanol–water partition coefficient (Wildman–Crippen LogP) is 2.91. The molecule has 1 unspecified atom stereocenters. The lowest BCUT2D eigenvalue weighted by Gasteiger charge is -2.32. The number of hydrogen-bond donors (Lipinski definition) is 2. The number of ketones is 2. The van der Waals surface area contributed by atoms with Gasteiger partial charge in [-0.25, -0.2) is 4.99 Å². The molecular formula is C29H31N5O4S. The second-order valence-electron chi connectivity index (χ2n) is 10.4. The number of aliphatic imine (C=N–C) groups is 1. The molecule has 4 rings (SSSR count). The van der Waals surface area contributed by atoms with Crippen LogP contribution in [0, 0.1) is 5.41 Å². The summed E-state index contributed by atoms with van der Waals surface area (Å²) in [5.74, 6) is -2.27. The first kappa shape index (κ1) is 28.0. The summed E-state index contributed by atoms with van der Waals surface area (Å²) in [5, 5.41) is 4.51. The number of amides is 2. The average molecular weight is 546 g/mol. The molecule has 0 saturated carbocycles. The number of carbonyl (C=O) groups excluding carboxylic acids is 4. The van der Waals surface area contributed by atoms with Crippen molar-refractivity contribution < 1.29 is 19.2 Å². The van der Waals surface area contributed by atoms with Gasteiger partial charge in [0.15, 0.2) is 5.78 Å². The zero-order valence-corrected chi connectivity index (χ0v) is 23.1. The maximum absolute atomic E-state index is 14.1. The van der Waals surface area contributed by atoms with Crippen LogP contribution in [-0.4, -0.2) is 52.3 Å². The topological polar surface area (TPSA) is 135 Å². The summed E-state index contributed by atoms with van der Waals surface area (Å²) in [4.78, 5) is 64.8. The van der Waals surface area contributed by atoms with Crippen molar-refractivity contribution in [3.8, 4) is 0 Å². The van der Waals surface area contributed by atoms with Crippen molar-refractivity contribution in [2.45, 2.75) is 45.8 Å². The third-order valence-electron chi connectivity index (χ3n) is 6.42. The van der Waals surface area contributed by atoms with Crippen LogP contribution in [0.25, 0.3) is 0 Å². The number of pyridine rings is 1. The minimum absolute atomic E-state index is 0.0842. The molecule has 0 spiro atoms. The van der Waals surface area contributed by atoms with E-state index in [1.165, 1.54) is 23.2 Å². The third kappa shape index (κ3) is 5.86. The van der Waals surface area contributed by atoms with E-state index in [1.54, 1.807) is 69.4 Å². The molecule has 0 aliphatic carbocycles. The number of aromatic nitrogens is 1. The third-order valence-corrected chi connectivity index (χ3v) is 7.29. The molecule has 0 bridgehead atoms. The van der Waals surface area contributed by atoms with Crippen LogP contribution < -0.4 is 16.0 Å². The highest BCUT2D eigenvalue weighted by Gasteiger charge is 2.50. The van der Waals surface area contributed by atoms with Gasteiger partial charge in [0.1, 0.15) is 0 Å². The smallest absolute Gasteiger partial charge is 0.278 e. The number of nitrogens with two attached hydrogens (primary N) is 1. The summed E-state index contributed by atoms with van der Waals surface area (Å²) >= 11 is 1.42. The number of benzene rings is 1. The number of benzodiazepines with no additional fused rings is 1. The Balaban J connectivity index is 1.80. The Labute approximate surface area is 231 Å². The van der Waals surface area contributed by atoms with E-state index in [9.17, 15) is 19.2 Å². The summed E-state index contributed by atoms with van der Waals surface area (Å²) in [5.41, 5.74) is 4.97. The Morgan fingerprint density at radius 2 is 1.79 bits per heavy atom. The Kier molecular flexibility index (Phi) is 7.89. The molecule has 2 aromatic heterocycles. The number of anilines is 1. The number of para-hydroxylation sites is 1. The second kappa shape index (κ2) is 11.0. The predicted molar refractivity (Wildman–Crippen MR) is 151 cm³/mol. The van der Waals surface area contributed by atoms with Crippen molar-refractivity contribution in [2.75, 3.05) is 11.4 Å². The van der Waals surface area contributed by atoms with Crippen LogP contribution in [0.3, 0.4) is 0 Å². The number of Topliss-reactive ketones (excluding diaryl/α,β-unsaturated/α-hetero) is 2. The van der Waals surface area contributed by atoms with E-state index in [2.05, 4.69) is 15.3 Å². The Morgan fingerprint density at radius 1 is 1.08 bits per heavy atom. The first-order valence-electron chi connectivity index (χ1n) is 12.5. The van der Waals surface area contributed by atoms with Crippen LogP contribution in [0.1, 0.15) is 43.8 Å². The van der Waals surface area contributed by atoms with Gasteiger partial charge in [-0.2, -0.15) is 0 Å². The second-order valence-corrected chi connectivity index (χ2v) is 11.5. The van der Waals surface area contributed by atoms with Gasteiger partial charge in [0.2, 0.25) is 17.4 Å². The molecule has 2 atom stereocenters. The highest BCUT2D eigenvalue weighted by Crippen LogP contribution is 2.32. The molecule has 202 valence electrons. The van der Waals surface area contributed by atoms with Gasteiger partial charge in [-0.05, 0) is 36.6 Å². The molecule has 2 amide bonds. The fraction of sp³-hybridized carbons (Fsp3) is 0.310. The summed E-state index contributed by atoms with van der Waals surface area (Å²) in [6, 6.07) is 14.6. The zero-order valence-electron chi connectivity index (χ0n) is 22.3. The highest BCUT2D eigenvalue weighted by atomic mass is 32.1. The van der Waals surface area contributed by atoms with Crippen molar-refractivity contribution in [2.24, 2.45) is 16.1 Å². The molecule has 1 aliphatic heterocycles. The highest BCUT2D eigenvalue weighted by molar-refractivity contribution is 7.10. The van der Waals surface area contributed by atoms with E-state index >= 15 is 0 Å². The van der Waals surface area contributed by atoms with Gasteiger partial charge in [0.05, 0.1) is 36.1 Å². The number of carbonyl (C=O) groups is 4. The van der Waals surface area contributed by atoms with Crippen molar-refractivity contribution in [3.05, 3.63) is 82.3 Å². The Hall–Kier alpha value is -4.02. The summed E-state index contributed by atoms with van der Waals surface area (Å²) in [6.45, 7) is 6.42. The maximum Gasteiger partial charge on any atom is 0.278 e. The summed E-state index contributed by atoms with van der Waals surface area (Å²) in [7, 11) is 0. The molecule has 0 radical (unpaired) electrons. The average Bonchev–Trinajstić information content (AvgIpc) is 3.39. The number of rotatable bonds is 8. The molecule has 1 aromatic carbocycles. The number of nitrogens with one attached hydrogen (secondary N) is 1. The minimum atomic E-state index is -2.43. The number of hydrogen-bond acceptors (Lipinski definition) is 8. The van der Waals surface area contributed by atoms with Crippen LogP contribution >= 0.6 is 11.3 Å². The van der Waals surface area contributed by atoms with Crippen molar-refractivity contribution in [1.29, 1.82) is 0 Å². The quantitative estimate of drug-likeness (QED) is 0.418. The Bertz CT molecular complexity index is 1430. The van der Waals surface area contributed by atoms with Gasteiger partial charge in [0.25, 0.3) is 5.91 Å². The van der Waals surface area contributed by atoms with Gasteiger partial charge in [-0.3, -0.25) is 29.9 Å². The lowest BCUT2D eigenvalue weighted by atomic mass is 9.90. The largest absolute Gasteiger partial charge is 0.346 e. The van der Waals surface area contributed by atoms with Crippen LogP contribution in [0.4, 0.5) is 5.69 Å². The molecule has 0 fully saturated rings. The molecular weight excluding hydrogens is 514 g/mol. The number of nitrogens with zero attached hydrogens (tertiary/aromatic N) is 3. The minimum Gasteiger partial charge on any atom is -0.346 e. The van der Waals surface area contributed by atoms with Gasteiger partial charge in [-0.15, -0.1) is 11.3 Å². The maximum atomic E-state index is 14.1. The molecule has 39 heavy (non-hydrogen) atoms. The Morgan fingerprint density at radius 3 is 2.44 bits per heavy atom. The summed E-state index contributed by atoms with van der Waals surface area (Å²) in [6.07, 6.45) is 1.66. The van der Waals surface area contributed by atoms with Crippen LogP contribution in [-0.2, 0) is 25.6 Å². The fourth-order valence-electron chi connectivity index (χ4n) is 4.16. The van der Waals surface area contributed by atoms with Crippen LogP contribution in [0.5, 0.6) is 0 Å². The van der Waals surface area contributed by atoms with E-state index in [-0.39, 0.29) is 30.4 Å². The number of thiophene rings is 1. The first-order valence-corrected chi connectivity index (χ1v) is 13.4. The van der Waals surface area contributed by atoms with Gasteiger partial charge >= 0.3 is 0 Å². The molecule has 3 N–H and O–H groups in total. The molecule has 9 nitrogen and oxygen atoms in total. The van der Waals surface area contributed by atoms with Crippen molar-refractivity contribution >= 4 is 46.1 Å². The van der Waals surface area contributed by atoms with E-state index < -0.39 is 28.8 Å². The lowest BCUT2D eigenvalue weighted by molar-refractivity contribution is -0.137.